The predicted octanol–water partition coefficient (Wildman–Crippen LogP) is 1.17. The van der Waals surface area contributed by atoms with Crippen LogP contribution in [0.3, 0.4) is 0 Å². The number of aliphatic hydroxyl groups is 1. The zero-order valence-electron chi connectivity index (χ0n) is 15.2. The van der Waals surface area contributed by atoms with Crippen LogP contribution < -0.4 is 4.74 Å². The fourth-order valence-electron chi connectivity index (χ4n) is 4.87. The number of hydrogen-bond acceptors (Lipinski definition) is 8. The monoisotopic (exact) mass is 432 g/mol. The van der Waals surface area contributed by atoms with Crippen molar-refractivity contribution in [2.24, 2.45) is 0 Å². The van der Waals surface area contributed by atoms with Crippen LogP contribution in [0.1, 0.15) is 23.7 Å². The quantitative estimate of drug-likeness (QED) is 0.611. The van der Waals surface area contributed by atoms with Crippen LogP contribution in [-0.4, -0.2) is 62.0 Å². The number of hydrogen-bond donors (Lipinski definition) is 1. The minimum Gasteiger partial charge on any atom is -0.456 e. The lowest BCUT2D eigenvalue weighted by atomic mass is 9.80. The molecule has 1 aromatic rings. The van der Waals surface area contributed by atoms with Crippen molar-refractivity contribution in [1.82, 2.24) is 9.96 Å². The van der Waals surface area contributed by atoms with Crippen molar-refractivity contribution >= 4 is 39.2 Å². The maximum Gasteiger partial charge on any atom is 0.315 e. The number of fused-ring (bicyclic) bond motifs is 3. The van der Waals surface area contributed by atoms with Gasteiger partial charge in [-0.25, -0.2) is 0 Å². The number of allylic oxidation sites excluding steroid dienone is 1. The minimum atomic E-state index is -1.74. The van der Waals surface area contributed by atoms with Gasteiger partial charge in [0.1, 0.15) is 17.1 Å². The first-order chi connectivity index (χ1) is 13.9. The summed E-state index contributed by atoms with van der Waals surface area (Å²) >= 11 is 0. The highest BCUT2D eigenvalue weighted by atomic mass is 33.1. The van der Waals surface area contributed by atoms with Crippen molar-refractivity contribution in [3.05, 3.63) is 42.0 Å². The molecule has 7 rings (SSSR count). The van der Waals surface area contributed by atoms with Crippen LogP contribution in [0.5, 0.6) is 5.75 Å². The number of hydroxylamine groups is 2. The van der Waals surface area contributed by atoms with Crippen molar-refractivity contribution < 1.29 is 29.1 Å². The Morgan fingerprint density at radius 3 is 2.79 bits per heavy atom. The third-order valence-corrected chi connectivity index (χ3v) is 9.74. The largest absolute Gasteiger partial charge is 0.456 e. The number of benzene rings is 1. The lowest BCUT2D eigenvalue weighted by Gasteiger charge is -2.47. The maximum absolute atomic E-state index is 13.8. The van der Waals surface area contributed by atoms with E-state index in [0.717, 1.165) is 21.4 Å². The molecule has 0 saturated carbocycles. The number of ether oxygens (including phenoxy) is 1. The second-order valence-corrected chi connectivity index (χ2v) is 10.3. The standard InChI is InChI=1S/C19H16N2O6S2/c1-20-16(25)19-14(23)17(9-5-4-8-12(17)22)27-21(19)15(24)18(20)13(28-29-19)10-6-2-3-7-11(10)26-18/h2-4,6-8,13-14,23H,5,9H2,1H3. The summed E-state index contributed by atoms with van der Waals surface area (Å²) in [5.41, 5.74) is -2.48. The summed E-state index contributed by atoms with van der Waals surface area (Å²) in [6.45, 7) is 0. The Labute approximate surface area is 173 Å². The lowest BCUT2D eigenvalue weighted by molar-refractivity contribution is -0.244. The number of para-hydroxylation sites is 1. The number of likely N-dealkylation sites (N-methyl/N-ethyl adjacent to an activating group) is 1. The highest BCUT2D eigenvalue weighted by Gasteiger charge is 2.81. The van der Waals surface area contributed by atoms with Crippen LogP contribution >= 0.6 is 21.6 Å². The Bertz CT molecular complexity index is 1030. The molecule has 2 amide bonds. The van der Waals surface area contributed by atoms with E-state index in [1.807, 2.05) is 12.1 Å². The van der Waals surface area contributed by atoms with E-state index in [4.69, 9.17) is 9.57 Å². The Hall–Kier alpha value is -2.01. The SMILES string of the molecule is CN1C(=O)C23SSC4c5ccccc5OC41C(=O)N2OC1(CCC=CC1=O)C3O. The number of rotatable bonds is 0. The number of amides is 2. The molecule has 8 nitrogen and oxygen atoms in total. The molecule has 0 radical (unpaired) electrons. The van der Waals surface area contributed by atoms with E-state index in [1.54, 1.807) is 18.2 Å². The molecular weight excluding hydrogens is 416 g/mol. The highest BCUT2D eigenvalue weighted by molar-refractivity contribution is 8.77. The van der Waals surface area contributed by atoms with Gasteiger partial charge in [-0.2, -0.15) is 5.06 Å². The molecule has 150 valence electrons. The molecule has 1 N–H and O–H groups in total. The third-order valence-electron chi connectivity index (χ3n) is 6.43. The van der Waals surface area contributed by atoms with Crippen LogP contribution in [0.2, 0.25) is 0 Å². The van der Waals surface area contributed by atoms with Gasteiger partial charge in [0, 0.05) is 12.6 Å². The second-order valence-electron chi connectivity index (χ2n) is 7.74. The summed E-state index contributed by atoms with van der Waals surface area (Å²) in [4.78, 5) is 45.6. The van der Waals surface area contributed by atoms with Gasteiger partial charge in [0.25, 0.3) is 11.6 Å². The smallest absolute Gasteiger partial charge is 0.315 e. The topological polar surface area (TPSA) is 96.4 Å². The molecule has 29 heavy (non-hydrogen) atoms. The van der Waals surface area contributed by atoms with Gasteiger partial charge in [-0.1, -0.05) is 35.1 Å². The number of nitrogens with zero attached hydrogens (tertiary/aromatic N) is 2. The van der Waals surface area contributed by atoms with E-state index in [-0.39, 0.29) is 6.42 Å². The van der Waals surface area contributed by atoms with E-state index >= 15 is 0 Å². The first-order valence-corrected chi connectivity index (χ1v) is 11.4. The summed E-state index contributed by atoms with van der Waals surface area (Å²) in [6, 6.07) is 7.27. The van der Waals surface area contributed by atoms with Gasteiger partial charge in [-0.15, -0.1) is 0 Å². The summed E-state index contributed by atoms with van der Waals surface area (Å²) in [5.74, 6) is -1.02. The first-order valence-electron chi connectivity index (χ1n) is 9.23. The van der Waals surface area contributed by atoms with Gasteiger partial charge in [0.2, 0.25) is 4.87 Å². The van der Waals surface area contributed by atoms with Crippen molar-refractivity contribution in [3.63, 3.8) is 0 Å². The van der Waals surface area contributed by atoms with Gasteiger partial charge in [-0.05, 0) is 35.8 Å². The fourth-order valence-corrected chi connectivity index (χ4v) is 8.65. The van der Waals surface area contributed by atoms with Crippen molar-refractivity contribution in [2.45, 2.75) is 40.4 Å². The van der Waals surface area contributed by atoms with Crippen LogP contribution in [0.4, 0.5) is 0 Å². The molecule has 1 aliphatic carbocycles. The van der Waals surface area contributed by atoms with E-state index in [9.17, 15) is 19.5 Å². The van der Waals surface area contributed by atoms with E-state index in [0.29, 0.717) is 12.2 Å². The van der Waals surface area contributed by atoms with Gasteiger partial charge in [0.15, 0.2) is 11.4 Å². The first kappa shape index (κ1) is 17.8. The molecule has 6 aliphatic rings. The number of ketones is 1. The maximum atomic E-state index is 13.8. The van der Waals surface area contributed by atoms with E-state index in [2.05, 4.69) is 0 Å². The molecule has 2 bridgehead atoms. The average molecular weight is 432 g/mol. The number of aliphatic hydroxyl groups excluding tert-OH is 1. The number of piperazine rings is 1. The normalized spacial score (nSPS) is 42.1. The van der Waals surface area contributed by atoms with E-state index < -0.39 is 45.1 Å². The Kier molecular flexibility index (Phi) is 3.30. The Morgan fingerprint density at radius 1 is 1.21 bits per heavy atom. The van der Waals surface area contributed by atoms with Gasteiger partial charge < -0.3 is 9.84 Å². The molecule has 5 atom stereocenters. The predicted molar refractivity (Wildman–Crippen MR) is 103 cm³/mol. The van der Waals surface area contributed by atoms with Crippen molar-refractivity contribution in [2.75, 3.05) is 7.05 Å². The molecule has 5 unspecified atom stereocenters. The summed E-state index contributed by atoms with van der Waals surface area (Å²) < 4.78 is 6.12. The Balaban J connectivity index is 1.56. The molecule has 1 aromatic carbocycles. The summed E-state index contributed by atoms with van der Waals surface area (Å²) in [6.07, 6.45) is 2.23. The molecule has 0 aromatic heterocycles. The summed E-state index contributed by atoms with van der Waals surface area (Å²) in [5, 5.41) is 11.8. The van der Waals surface area contributed by atoms with Crippen LogP contribution in [0.15, 0.2) is 36.4 Å². The highest BCUT2D eigenvalue weighted by Crippen LogP contribution is 2.68. The Morgan fingerprint density at radius 2 is 2.00 bits per heavy atom. The zero-order valence-corrected chi connectivity index (χ0v) is 16.9. The molecular formula is C19H16N2O6S2. The molecule has 10 heteroatoms. The molecule has 5 aliphatic heterocycles. The molecule has 5 heterocycles. The fraction of sp³-hybridized carbons (Fsp3) is 0.421. The van der Waals surface area contributed by atoms with Gasteiger partial charge in [0.05, 0.1) is 0 Å². The van der Waals surface area contributed by atoms with Crippen LogP contribution in [0, 0.1) is 0 Å². The van der Waals surface area contributed by atoms with Crippen LogP contribution in [0.25, 0.3) is 0 Å². The zero-order chi connectivity index (χ0) is 20.2. The average Bonchev–Trinajstić information content (AvgIpc) is 3.12. The van der Waals surface area contributed by atoms with E-state index in [1.165, 1.54) is 28.8 Å². The molecule has 4 saturated heterocycles. The molecule has 4 fully saturated rings. The van der Waals surface area contributed by atoms with Gasteiger partial charge >= 0.3 is 5.91 Å². The van der Waals surface area contributed by atoms with Crippen molar-refractivity contribution in [3.8, 4) is 5.75 Å². The number of carbonyl (C=O) groups excluding carboxylic acids is 3. The van der Waals surface area contributed by atoms with Gasteiger partial charge in [-0.3, -0.25) is 24.1 Å². The summed E-state index contributed by atoms with van der Waals surface area (Å²) in [7, 11) is 3.87. The van der Waals surface area contributed by atoms with Crippen LogP contribution in [-0.2, 0) is 19.2 Å². The third kappa shape index (κ3) is 1.73. The lowest BCUT2D eigenvalue weighted by Crippen LogP contribution is -2.75. The molecule has 3 spiro atoms. The second kappa shape index (κ2) is 5.37. The number of carbonyl (C=O) groups is 3. The van der Waals surface area contributed by atoms with Crippen molar-refractivity contribution in [1.29, 1.82) is 0 Å². The minimum absolute atomic E-state index is 0.189.